The number of anilines is 1. The van der Waals surface area contributed by atoms with Gasteiger partial charge in [0.15, 0.2) is 6.61 Å². The van der Waals surface area contributed by atoms with Gasteiger partial charge in [0.25, 0.3) is 11.8 Å². The first-order valence-corrected chi connectivity index (χ1v) is 10.7. The number of primary amides is 1. The van der Waals surface area contributed by atoms with Gasteiger partial charge in [-0.25, -0.2) is 0 Å². The predicted molar refractivity (Wildman–Crippen MR) is 127 cm³/mol. The molecule has 170 valence electrons. The Morgan fingerprint density at radius 2 is 1.61 bits per heavy atom. The summed E-state index contributed by atoms with van der Waals surface area (Å²) >= 11 is 6.08. The fourth-order valence-electron chi connectivity index (χ4n) is 3.10. The van der Waals surface area contributed by atoms with Gasteiger partial charge in [0, 0.05) is 30.2 Å². The zero-order valence-electron chi connectivity index (χ0n) is 17.9. The summed E-state index contributed by atoms with van der Waals surface area (Å²) in [6.45, 7) is 0.144. The van der Waals surface area contributed by atoms with Crippen molar-refractivity contribution in [3.63, 3.8) is 0 Å². The smallest absolute Gasteiger partial charge is 0.260 e. The molecule has 0 atom stereocenters. The Labute approximate surface area is 197 Å². The van der Waals surface area contributed by atoms with E-state index in [1.54, 1.807) is 36.4 Å². The molecule has 0 radical (unpaired) electrons. The fraction of sp³-hybridized carbons (Fsp3) is 0.160. The van der Waals surface area contributed by atoms with E-state index in [1.807, 2.05) is 36.4 Å². The first-order valence-electron chi connectivity index (χ1n) is 10.3. The number of carbonyl (C=O) groups excluding carboxylic acids is 3. The van der Waals surface area contributed by atoms with Crippen LogP contribution in [0.15, 0.2) is 78.9 Å². The quantitative estimate of drug-likeness (QED) is 0.474. The highest BCUT2D eigenvalue weighted by molar-refractivity contribution is 6.31. The Morgan fingerprint density at radius 3 is 2.27 bits per heavy atom. The normalized spacial score (nSPS) is 10.3. The zero-order valence-corrected chi connectivity index (χ0v) is 18.6. The molecular formula is C25H24ClN3O4. The van der Waals surface area contributed by atoms with Crippen molar-refractivity contribution in [2.24, 2.45) is 5.73 Å². The van der Waals surface area contributed by atoms with Crippen LogP contribution in [0.4, 0.5) is 5.69 Å². The predicted octanol–water partition coefficient (Wildman–Crippen LogP) is 3.88. The molecule has 3 aromatic carbocycles. The Bertz CT molecular complexity index is 1110. The highest BCUT2D eigenvalue weighted by atomic mass is 35.5. The third-order valence-electron chi connectivity index (χ3n) is 4.77. The number of carbonyl (C=O) groups is 3. The molecule has 3 N–H and O–H groups in total. The molecule has 33 heavy (non-hydrogen) atoms. The largest absolute Gasteiger partial charge is 0.483 e. The SMILES string of the molecule is NC(=O)CCN(Cc1ccccc1)C(=O)COc1ccc(Cl)cc1C(=O)Nc1ccccc1. The molecule has 3 aromatic rings. The lowest BCUT2D eigenvalue weighted by molar-refractivity contribution is -0.134. The van der Waals surface area contributed by atoms with Crippen molar-refractivity contribution in [3.8, 4) is 5.75 Å². The van der Waals surface area contributed by atoms with E-state index in [9.17, 15) is 14.4 Å². The van der Waals surface area contributed by atoms with Crippen LogP contribution < -0.4 is 15.8 Å². The van der Waals surface area contributed by atoms with Crippen LogP contribution in [0, 0.1) is 0 Å². The van der Waals surface area contributed by atoms with Gasteiger partial charge < -0.3 is 20.7 Å². The van der Waals surface area contributed by atoms with Crippen LogP contribution in [0.5, 0.6) is 5.75 Å². The number of nitrogens with zero attached hydrogens (tertiary/aromatic N) is 1. The van der Waals surface area contributed by atoms with E-state index >= 15 is 0 Å². The van der Waals surface area contributed by atoms with E-state index in [1.165, 1.54) is 11.0 Å². The number of ether oxygens (including phenoxy) is 1. The lowest BCUT2D eigenvalue weighted by Crippen LogP contribution is -2.37. The molecule has 0 spiro atoms. The molecule has 0 aliphatic carbocycles. The molecule has 0 saturated heterocycles. The number of nitrogens with two attached hydrogens (primary N) is 1. The van der Waals surface area contributed by atoms with Gasteiger partial charge in [-0.15, -0.1) is 0 Å². The highest BCUT2D eigenvalue weighted by Gasteiger charge is 2.19. The third kappa shape index (κ3) is 7.36. The lowest BCUT2D eigenvalue weighted by atomic mass is 10.1. The van der Waals surface area contributed by atoms with Crippen molar-refractivity contribution < 1.29 is 19.1 Å². The topological polar surface area (TPSA) is 102 Å². The second-order valence-electron chi connectivity index (χ2n) is 7.27. The molecule has 0 aromatic heterocycles. The van der Waals surface area contributed by atoms with Gasteiger partial charge in [-0.1, -0.05) is 60.1 Å². The van der Waals surface area contributed by atoms with Crippen molar-refractivity contribution in [2.75, 3.05) is 18.5 Å². The molecule has 0 bridgehead atoms. The van der Waals surface area contributed by atoms with Crippen LogP contribution in [0.25, 0.3) is 0 Å². The summed E-state index contributed by atoms with van der Waals surface area (Å²) < 4.78 is 5.71. The van der Waals surface area contributed by atoms with Crippen LogP contribution >= 0.6 is 11.6 Å². The second-order valence-corrected chi connectivity index (χ2v) is 7.70. The Balaban J connectivity index is 1.71. The van der Waals surface area contributed by atoms with Gasteiger partial charge in [-0.3, -0.25) is 14.4 Å². The van der Waals surface area contributed by atoms with Crippen LogP contribution in [0.1, 0.15) is 22.3 Å². The summed E-state index contributed by atoms with van der Waals surface area (Å²) in [5.41, 5.74) is 6.99. The van der Waals surface area contributed by atoms with Gasteiger partial charge in [0.2, 0.25) is 5.91 Å². The summed E-state index contributed by atoms with van der Waals surface area (Å²) in [6, 6.07) is 23.0. The van der Waals surface area contributed by atoms with E-state index in [4.69, 9.17) is 22.1 Å². The Kier molecular flexibility index (Phi) is 8.43. The number of hydrogen-bond acceptors (Lipinski definition) is 4. The van der Waals surface area contributed by atoms with E-state index in [0.29, 0.717) is 17.3 Å². The van der Waals surface area contributed by atoms with E-state index in [-0.39, 0.29) is 36.8 Å². The molecule has 0 unspecified atom stereocenters. The third-order valence-corrected chi connectivity index (χ3v) is 5.00. The average molecular weight is 466 g/mol. The second kappa shape index (κ2) is 11.7. The van der Waals surface area contributed by atoms with Crippen molar-refractivity contribution in [1.82, 2.24) is 4.90 Å². The number of rotatable bonds is 10. The molecule has 0 aliphatic heterocycles. The van der Waals surface area contributed by atoms with Gasteiger partial charge in [-0.2, -0.15) is 0 Å². The monoisotopic (exact) mass is 465 g/mol. The molecule has 0 heterocycles. The van der Waals surface area contributed by atoms with Gasteiger partial charge in [0.1, 0.15) is 5.75 Å². The molecule has 3 rings (SSSR count). The molecule has 0 saturated carbocycles. The van der Waals surface area contributed by atoms with E-state index in [2.05, 4.69) is 5.32 Å². The van der Waals surface area contributed by atoms with Crippen LogP contribution in [-0.2, 0) is 16.1 Å². The summed E-state index contributed by atoms with van der Waals surface area (Å²) in [5, 5.41) is 3.14. The molecule has 0 aliphatic rings. The molecule has 8 heteroatoms. The molecular weight excluding hydrogens is 442 g/mol. The fourth-order valence-corrected chi connectivity index (χ4v) is 3.27. The summed E-state index contributed by atoms with van der Waals surface area (Å²) in [4.78, 5) is 38.4. The summed E-state index contributed by atoms with van der Waals surface area (Å²) in [6.07, 6.45) is 0.0320. The van der Waals surface area contributed by atoms with Crippen molar-refractivity contribution >= 4 is 35.0 Å². The lowest BCUT2D eigenvalue weighted by Gasteiger charge is -2.23. The first kappa shape index (κ1) is 23.8. The van der Waals surface area contributed by atoms with Gasteiger partial charge in [-0.05, 0) is 35.9 Å². The van der Waals surface area contributed by atoms with Crippen molar-refractivity contribution in [2.45, 2.75) is 13.0 Å². The number of halogens is 1. The van der Waals surface area contributed by atoms with Crippen LogP contribution in [0.3, 0.4) is 0 Å². The Morgan fingerprint density at radius 1 is 0.939 bits per heavy atom. The summed E-state index contributed by atoms with van der Waals surface area (Å²) in [7, 11) is 0. The van der Waals surface area contributed by atoms with Crippen molar-refractivity contribution in [3.05, 3.63) is 95.0 Å². The van der Waals surface area contributed by atoms with Crippen LogP contribution in [-0.4, -0.2) is 35.8 Å². The maximum Gasteiger partial charge on any atom is 0.260 e. The minimum Gasteiger partial charge on any atom is -0.483 e. The minimum absolute atomic E-state index is 0.0320. The standard InChI is InChI=1S/C25H24ClN3O4/c26-19-11-12-22(21(15-19)25(32)28-20-9-5-2-6-10-20)33-17-24(31)29(14-13-23(27)30)16-18-7-3-1-4-8-18/h1-12,15H,13-14,16-17H2,(H2,27,30)(H,28,32). The Hall–Kier alpha value is -3.84. The van der Waals surface area contributed by atoms with E-state index < -0.39 is 11.8 Å². The molecule has 7 nitrogen and oxygen atoms in total. The zero-order chi connectivity index (χ0) is 23.6. The minimum atomic E-state index is -0.501. The molecule has 0 fully saturated rings. The van der Waals surface area contributed by atoms with Gasteiger partial charge in [0.05, 0.1) is 5.56 Å². The van der Waals surface area contributed by atoms with E-state index in [0.717, 1.165) is 5.56 Å². The number of hydrogen-bond donors (Lipinski definition) is 2. The maximum atomic E-state index is 12.9. The number of para-hydroxylation sites is 1. The van der Waals surface area contributed by atoms with Crippen LogP contribution in [0.2, 0.25) is 5.02 Å². The van der Waals surface area contributed by atoms with Gasteiger partial charge >= 0.3 is 0 Å². The summed E-state index contributed by atoms with van der Waals surface area (Å²) in [5.74, 6) is -1.04. The first-order chi connectivity index (χ1) is 15.9. The van der Waals surface area contributed by atoms with Crippen molar-refractivity contribution in [1.29, 1.82) is 0 Å². The number of nitrogens with one attached hydrogen (secondary N) is 1. The highest BCUT2D eigenvalue weighted by Crippen LogP contribution is 2.24. The number of benzene rings is 3. The average Bonchev–Trinajstić information content (AvgIpc) is 2.82. The number of amides is 3. The maximum absolute atomic E-state index is 12.9. The molecule has 3 amide bonds.